The van der Waals surface area contributed by atoms with E-state index in [0.29, 0.717) is 24.6 Å². The summed E-state index contributed by atoms with van der Waals surface area (Å²) in [5.74, 6) is 0.0741. The number of carbonyl (C=O) groups excluding carboxylic acids is 1. The summed E-state index contributed by atoms with van der Waals surface area (Å²) in [6.07, 6.45) is 7.73. The second-order valence-electron chi connectivity index (χ2n) is 6.81. The molecule has 0 saturated heterocycles. The molecule has 6 heteroatoms. The summed E-state index contributed by atoms with van der Waals surface area (Å²) < 4.78 is 25.1. The number of sulfonamides is 1. The molecule has 0 N–H and O–H groups in total. The standard InChI is InChI=1S/C18H26N2O3S/c1-3-19(16-7-5-4-6-8-16)18(21)15-9-10-17-14(13-15)11-12-20(17)24(2,22)23/h9-10,13,16H,3-8,11-12H2,1-2H3. The summed E-state index contributed by atoms with van der Waals surface area (Å²) in [5.41, 5.74) is 2.34. The van der Waals surface area contributed by atoms with E-state index in [1.807, 2.05) is 17.9 Å². The van der Waals surface area contributed by atoms with E-state index in [0.717, 1.165) is 30.6 Å². The van der Waals surface area contributed by atoms with E-state index in [4.69, 9.17) is 0 Å². The molecule has 1 saturated carbocycles. The lowest BCUT2D eigenvalue weighted by atomic mass is 9.93. The second kappa shape index (κ2) is 6.75. The van der Waals surface area contributed by atoms with Crippen LogP contribution < -0.4 is 4.31 Å². The third-order valence-electron chi connectivity index (χ3n) is 5.20. The molecular formula is C18H26N2O3S. The fraction of sp³-hybridized carbons (Fsp3) is 0.611. The summed E-state index contributed by atoms with van der Waals surface area (Å²) in [7, 11) is -3.25. The number of anilines is 1. The summed E-state index contributed by atoms with van der Waals surface area (Å²) in [4.78, 5) is 14.9. The fourth-order valence-corrected chi connectivity index (χ4v) is 4.93. The fourth-order valence-electron chi connectivity index (χ4n) is 3.98. The summed E-state index contributed by atoms with van der Waals surface area (Å²) in [5, 5.41) is 0. The molecule has 2 aliphatic rings. The number of hydrogen-bond donors (Lipinski definition) is 0. The molecule has 3 rings (SSSR count). The highest BCUT2D eigenvalue weighted by atomic mass is 32.2. The van der Waals surface area contributed by atoms with E-state index in [1.54, 1.807) is 12.1 Å². The van der Waals surface area contributed by atoms with Crippen LogP contribution in [0.25, 0.3) is 0 Å². The van der Waals surface area contributed by atoms with Crippen molar-refractivity contribution in [2.75, 3.05) is 23.7 Å². The van der Waals surface area contributed by atoms with Crippen LogP contribution in [0.3, 0.4) is 0 Å². The SMILES string of the molecule is CCN(C(=O)c1ccc2c(c1)CCN2S(C)(=O)=O)C1CCCCC1. The van der Waals surface area contributed by atoms with Crippen LogP contribution in [0.15, 0.2) is 18.2 Å². The molecule has 1 aromatic rings. The lowest BCUT2D eigenvalue weighted by Gasteiger charge is -2.33. The number of nitrogens with zero attached hydrogens (tertiary/aromatic N) is 2. The maximum Gasteiger partial charge on any atom is 0.254 e. The van der Waals surface area contributed by atoms with Gasteiger partial charge in [-0.15, -0.1) is 0 Å². The molecule has 1 aliphatic carbocycles. The van der Waals surface area contributed by atoms with Crippen molar-refractivity contribution in [1.29, 1.82) is 0 Å². The first-order valence-corrected chi connectivity index (χ1v) is 10.7. The van der Waals surface area contributed by atoms with Crippen LogP contribution in [0.4, 0.5) is 5.69 Å². The lowest BCUT2D eigenvalue weighted by Crippen LogP contribution is -2.41. The molecule has 5 nitrogen and oxygen atoms in total. The molecule has 0 bridgehead atoms. The lowest BCUT2D eigenvalue weighted by molar-refractivity contribution is 0.0648. The van der Waals surface area contributed by atoms with Crippen LogP contribution in [-0.4, -0.2) is 44.6 Å². The first-order chi connectivity index (χ1) is 11.4. The molecule has 1 aromatic carbocycles. The first-order valence-electron chi connectivity index (χ1n) is 8.83. The molecule has 0 aromatic heterocycles. The molecule has 1 aliphatic heterocycles. The van der Waals surface area contributed by atoms with Crippen molar-refractivity contribution < 1.29 is 13.2 Å². The van der Waals surface area contributed by atoms with Crippen LogP contribution >= 0.6 is 0 Å². The zero-order valence-corrected chi connectivity index (χ0v) is 15.3. The van der Waals surface area contributed by atoms with E-state index < -0.39 is 10.0 Å². The average molecular weight is 350 g/mol. The molecule has 1 amide bonds. The minimum atomic E-state index is -3.25. The monoisotopic (exact) mass is 350 g/mol. The van der Waals surface area contributed by atoms with Crippen molar-refractivity contribution >= 4 is 21.6 Å². The number of benzene rings is 1. The maximum atomic E-state index is 12.9. The number of fused-ring (bicyclic) bond motifs is 1. The molecule has 132 valence electrons. The maximum absolute atomic E-state index is 12.9. The molecule has 0 spiro atoms. The van der Waals surface area contributed by atoms with Crippen molar-refractivity contribution in [1.82, 2.24) is 4.90 Å². The summed E-state index contributed by atoms with van der Waals surface area (Å²) in [6.45, 7) is 3.22. The van der Waals surface area contributed by atoms with Gasteiger partial charge in [0.15, 0.2) is 0 Å². The van der Waals surface area contributed by atoms with Crippen LogP contribution in [0.2, 0.25) is 0 Å². The predicted octanol–water partition coefficient (Wildman–Crippen LogP) is 2.80. The van der Waals surface area contributed by atoms with Crippen LogP contribution in [0.1, 0.15) is 54.9 Å². The summed E-state index contributed by atoms with van der Waals surface area (Å²) >= 11 is 0. The van der Waals surface area contributed by atoms with E-state index >= 15 is 0 Å². The minimum Gasteiger partial charge on any atom is -0.336 e. The van der Waals surface area contributed by atoms with Gasteiger partial charge in [-0.05, 0) is 49.9 Å². The number of carbonyl (C=O) groups is 1. The third kappa shape index (κ3) is 3.29. The second-order valence-corrected chi connectivity index (χ2v) is 8.72. The normalized spacial score (nSPS) is 18.5. The third-order valence-corrected chi connectivity index (χ3v) is 6.38. The topological polar surface area (TPSA) is 57.7 Å². The van der Waals surface area contributed by atoms with Gasteiger partial charge < -0.3 is 4.90 Å². The van der Waals surface area contributed by atoms with Gasteiger partial charge in [0.2, 0.25) is 10.0 Å². The Morgan fingerprint density at radius 3 is 2.58 bits per heavy atom. The Morgan fingerprint density at radius 1 is 1.25 bits per heavy atom. The molecule has 0 unspecified atom stereocenters. The Labute approximate surface area is 144 Å². The molecule has 1 fully saturated rings. The Kier molecular flexibility index (Phi) is 4.85. The van der Waals surface area contributed by atoms with Gasteiger partial charge in [-0.3, -0.25) is 9.10 Å². The van der Waals surface area contributed by atoms with Gasteiger partial charge in [-0.25, -0.2) is 8.42 Å². The van der Waals surface area contributed by atoms with Gasteiger partial charge in [0.1, 0.15) is 0 Å². The number of hydrogen-bond acceptors (Lipinski definition) is 3. The summed E-state index contributed by atoms with van der Waals surface area (Å²) in [6, 6.07) is 5.78. The number of rotatable bonds is 4. The molecule has 24 heavy (non-hydrogen) atoms. The van der Waals surface area contributed by atoms with Crippen molar-refractivity contribution in [2.24, 2.45) is 0 Å². The molecule has 0 atom stereocenters. The Balaban J connectivity index is 1.84. The van der Waals surface area contributed by atoms with E-state index in [-0.39, 0.29) is 5.91 Å². The van der Waals surface area contributed by atoms with Gasteiger partial charge in [0, 0.05) is 24.7 Å². The minimum absolute atomic E-state index is 0.0741. The van der Waals surface area contributed by atoms with Crippen LogP contribution in [0.5, 0.6) is 0 Å². The van der Waals surface area contributed by atoms with Gasteiger partial charge >= 0.3 is 0 Å². The molecular weight excluding hydrogens is 324 g/mol. The van der Waals surface area contributed by atoms with Crippen LogP contribution in [0, 0.1) is 0 Å². The van der Waals surface area contributed by atoms with Crippen molar-refractivity contribution in [3.8, 4) is 0 Å². The highest BCUT2D eigenvalue weighted by molar-refractivity contribution is 7.92. The highest BCUT2D eigenvalue weighted by Gasteiger charge is 2.29. The van der Waals surface area contributed by atoms with Gasteiger partial charge in [0.05, 0.1) is 11.9 Å². The average Bonchev–Trinajstić information content (AvgIpc) is 2.99. The van der Waals surface area contributed by atoms with E-state index in [9.17, 15) is 13.2 Å². The van der Waals surface area contributed by atoms with Crippen molar-refractivity contribution in [3.05, 3.63) is 29.3 Å². The van der Waals surface area contributed by atoms with Crippen molar-refractivity contribution in [2.45, 2.75) is 51.5 Å². The van der Waals surface area contributed by atoms with E-state index in [2.05, 4.69) is 0 Å². The van der Waals surface area contributed by atoms with E-state index in [1.165, 1.54) is 29.8 Å². The van der Waals surface area contributed by atoms with Crippen LogP contribution in [-0.2, 0) is 16.4 Å². The Bertz CT molecular complexity index is 724. The smallest absolute Gasteiger partial charge is 0.254 e. The first kappa shape index (κ1) is 17.3. The Hall–Kier alpha value is -1.56. The number of amides is 1. The zero-order valence-electron chi connectivity index (χ0n) is 14.5. The van der Waals surface area contributed by atoms with Crippen molar-refractivity contribution in [3.63, 3.8) is 0 Å². The van der Waals surface area contributed by atoms with Gasteiger partial charge in [0.25, 0.3) is 5.91 Å². The quantitative estimate of drug-likeness (QED) is 0.839. The molecule has 1 heterocycles. The van der Waals surface area contributed by atoms with Gasteiger partial charge in [-0.1, -0.05) is 19.3 Å². The molecule has 0 radical (unpaired) electrons. The zero-order chi connectivity index (χ0) is 17.3. The Morgan fingerprint density at radius 2 is 1.96 bits per heavy atom. The largest absolute Gasteiger partial charge is 0.336 e. The van der Waals surface area contributed by atoms with Gasteiger partial charge in [-0.2, -0.15) is 0 Å². The highest BCUT2D eigenvalue weighted by Crippen LogP contribution is 2.31. The predicted molar refractivity (Wildman–Crippen MR) is 95.9 cm³/mol.